The van der Waals surface area contributed by atoms with Crippen LogP contribution < -0.4 is 0 Å². The molecule has 2 heterocycles. The number of nitrogens with zero attached hydrogens (tertiary/aromatic N) is 2. The number of H-pyrrole nitrogens is 1. The summed E-state index contributed by atoms with van der Waals surface area (Å²) in [5, 5.41) is 15.3. The predicted molar refractivity (Wildman–Crippen MR) is 50.3 cm³/mol. The molecule has 0 saturated carbocycles. The fourth-order valence-electron chi connectivity index (χ4n) is 1.74. The summed E-state index contributed by atoms with van der Waals surface area (Å²) in [7, 11) is 0. The van der Waals surface area contributed by atoms with Crippen LogP contribution in [-0.2, 0) is 17.8 Å². The summed E-state index contributed by atoms with van der Waals surface area (Å²) in [4.78, 5) is 23.6. The van der Waals surface area contributed by atoms with Gasteiger partial charge in [-0.25, -0.2) is 4.79 Å². The van der Waals surface area contributed by atoms with Crippen molar-refractivity contribution in [1.29, 1.82) is 0 Å². The second kappa shape index (κ2) is 3.38. The van der Waals surface area contributed by atoms with E-state index in [1.807, 2.05) is 0 Å². The minimum atomic E-state index is -1.06. The first kappa shape index (κ1) is 9.70. The number of amides is 1. The van der Waals surface area contributed by atoms with Gasteiger partial charge in [0.15, 0.2) is 5.69 Å². The Hall–Kier alpha value is -1.85. The van der Waals surface area contributed by atoms with Gasteiger partial charge in [-0.2, -0.15) is 5.10 Å². The van der Waals surface area contributed by atoms with Gasteiger partial charge in [0.25, 0.3) is 0 Å². The van der Waals surface area contributed by atoms with E-state index in [0.29, 0.717) is 25.1 Å². The van der Waals surface area contributed by atoms with Crippen LogP contribution in [0.5, 0.6) is 0 Å². The van der Waals surface area contributed by atoms with Gasteiger partial charge < -0.3 is 10.0 Å². The van der Waals surface area contributed by atoms with Crippen LogP contribution in [0.2, 0.25) is 0 Å². The van der Waals surface area contributed by atoms with Crippen molar-refractivity contribution in [3.63, 3.8) is 0 Å². The van der Waals surface area contributed by atoms with E-state index in [0.717, 1.165) is 5.69 Å². The van der Waals surface area contributed by atoms with E-state index >= 15 is 0 Å². The summed E-state index contributed by atoms with van der Waals surface area (Å²) in [5.74, 6) is -1.10. The molecule has 0 fully saturated rings. The Morgan fingerprint density at radius 1 is 1.53 bits per heavy atom. The number of fused-ring (bicyclic) bond motifs is 1. The minimum absolute atomic E-state index is 0.0240. The number of carbonyl (C=O) groups excluding carboxylic acids is 1. The van der Waals surface area contributed by atoms with Gasteiger partial charge in [0, 0.05) is 37.7 Å². The number of hydrogen-bond donors (Lipinski definition) is 2. The van der Waals surface area contributed by atoms with Gasteiger partial charge in [-0.3, -0.25) is 9.89 Å². The summed E-state index contributed by atoms with van der Waals surface area (Å²) in [6.45, 7) is 2.43. The smallest absolute Gasteiger partial charge is 0.356 e. The van der Waals surface area contributed by atoms with Crippen LogP contribution >= 0.6 is 0 Å². The monoisotopic (exact) mass is 209 g/mol. The Kier molecular flexibility index (Phi) is 2.18. The lowest BCUT2D eigenvalue weighted by molar-refractivity contribution is -0.129. The lowest BCUT2D eigenvalue weighted by Crippen LogP contribution is -2.34. The highest BCUT2D eigenvalue weighted by molar-refractivity contribution is 5.87. The third kappa shape index (κ3) is 1.58. The minimum Gasteiger partial charge on any atom is -0.476 e. The molecule has 1 amide bonds. The van der Waals surface area contributed by atoms with Gasteiger partial charge in [-0.1, -0.05) is 0 Å². The average molecular weight is 209 g/mol. The molecule has 0 atom stereocenters. The summed E-state index contributed by atoms with van der Waals surface area (Å²) in [6.07, 6.45) is 0.634. The van der Waals surface area contributed by atoms with Crippen LogP contribution in [0, 0.1) is 0 Å². The number of carbonyl (C=O) groups is 2. The van der Waals surface area contributed by atoms with Crippen molar-refractivity contribution in [3.05, 3.63) is 17.0 Å². The first-order valence-electron chi connectivity index (χ1n) is 4.64. The number of aromatic amines is 1. The Morgan fingerprint density at radius 2 is 2.27 bits per heavy atom. The second-order valence-electron chi connectivity index (χ2n) is 3.53. The largest absolute Gasteiger partial charge is 0.476 e. The van der Waals surface area contributed by atoms with Crippen LogP contribution in [0.25, 0.3) is 0 Å². The van der Waals surface area contributed by atoms with E-state index in [1.165, 1.54) is 6.92 Å². The van der Waals surface area contributed by atoms with Crippen LogP contribution in [0.1, 0.15) is 28.7 Å². The number of carboxylic acids is 1. The topological polar surface area (TPSA) is 86.3 Å². The molecule has 1 aromatic rings. The molecule has 0 bridgehead atoms. The molecule has 80 valence electrons. The SMILES string of the molecule is CC(=O)N1CCc2[nH]nc(C(=O)O)c2C1. The molecular weight excluding hydrogens is 198 g/mol. The van der Waals surface area contributed by atoms with Gasteiger partial charge in [-0.15, -0.1) is 0 Å². The quantitative estimate of drug-likeness (QED) is 0.682. The number of rotatable bonds is 1. The van der Waals surface area contributed by atoms with Gasteiger partial charge in [0.2, 0.25) is 5.91 Å². The normalized spacial score (nSPS) is 14.9. The van der Waals surface area contributed by atoms with Crippen LogP contribution in [0.3, 0.4) is 0 Å². The summed E-state index contributed by atoms with van der Waals surface area (Å²) in [6, 6.07) is 0. The predicted octanol–water partition coefficient (Wildman–Crippen LogP) is 0.0125. The van der Waals surface area contributed by atoms with E-state index in [1.54, 1.807) is 4.90 Å². The van der Waals surface area contributed by atoms with Gasteiger partial charge in [0.1, 0.15) is 0 Å². The molecule has 2 rings (SSSR count). The highest BCUT2D eigenvalue weighted by Crippen LogP contribution is 2.20. The zero-order valence-electron chi connectivity index (χ0n) is 8.28. The van der Waals surface area contributed by atoms with Crippen molar-refractivity contribution in [2.45, 2.75) is 19.9 Å². The third-order valence-corrected chi connectivity index (χ3v) is 2.58. The Bertz CT molecular complexity index is 424. The van der Waals surface area contributed by atoms with Crippen LogP contribution in [0.15, 0.2) is 0 Å². The van der Waals surface area contributed by atoms with Crippen molar-refractivity contribution >= 4 is 11.9 Å². The number of carboxylic acid groups (broad SMARTS) is 1. The van der Waals surface area contributed by atoms with Crippen molar-refractivity contribution in [2.75, 3.05) is 6.54 Å². The van der Waals surface area contributed by atoms with Crippen molar-refractivity contribution in [3.8, 4) is 0 Å². The zero-order valence-corrected chi connectivity index (χ0v) is 8.28. The summed E-state index contributed by atoms with van der Waals surface area (Å²) in [5.41, 5.74) is 1.48. The number of aromatic nitrogens is 2. The molecule has 1 aliphatic heterocycles. The molecule has 0 unspecified atom stereocenters. The Balaban J connectivity index is 2.34. The maximum absolute atomic E-state index is 11.2. The molecule has 1 aromatic heterocycles. The van der Waals surface area contributed by atoms with E-state index in [9.17, 15) is 9.59 Å². The first-order valence-corrected chi connectivity index (χ1v) is 4.64. The molecule has 6 heteroatoms. The maximum atomic E-state index is 11.2. The number of hydrogen-bond acceptors (Lipinski definition) is 3. The van der Waals surface area contributed by atoms with Gasteiger partial charge >= 0.3 is 5.97 Å². The molecular formula is C9H11N3O3. The fraction of sp³-hybridized carbons (Fsp3) is 0.444. The molecule has 6 nitrogen and oxygen atoms in total. The highest BCUT2D eigenvalue weighted by atomic mass is 16.4. The summed E-state index contributed by atoms with van der Waals surface area (Å²) < 4.78 is 0. The van der Waals surface area contributed by atoms with Crippen molar-refractivity contribution in [2.24, 2.45) is 0 Å². The molecule has 0 aliphatic carbocycles. The lowest BCUT2D eigenvalue weighted by atomic mass is 10.1. The highest BCUT2D eigenvalue weighted by Gasteiger charge is 2.25. The van der Waals surface area contributed by atoms with Crippen molar-refractivity contribution < 1.29 is 14.7 Å². The fourth-order valence-corrected chi connectivity index (χ4v) is 1.74. The second-order valence-corrected chi connectivity index (χ2v) is 3.53. The van der Waals surface area contributed by atoms with E-state index in [4.69, 9.17) is 5.11 Å². The molecule has 0 radical (unpaired) electrons. The van der Waals surface area contributed by atoms with E-state index in [2.05, 4.69) is 10.2 Å². The Labute approximate surface area is 85.9 Å². The third-order valence-electron chi connectivity index (χ3n) is 2.58. The van der Waals surface area contributed by atoms with Crippen LogP contribution in [-0.4, -0.2) is 38.6 Å². The van der Waals surface area contributed by atoms with E-state index < -0.39 is 5.97 Å². The standard InChI is InChI=1S/C9H11N3O3/c1-5(13)12-3-2-7-6(4-12)8(9(14)15)11-10-7/h2-4H2,1H3,(H,10,11)(H,14,15). The zero-order chi connectivity index (χ0) is 11.0. The molecule has 0 aromatic carbocycles. The lowest BCUT2D eigenvalue weighted by Gasteiger charge is -2.25. The van der Waals surface area contributed by atoms with Gasteiger partial charge in [0.05, 0.1) is 0 Å². The maximum Gasteiger partial charge on any atom is 0.356 e. The van der Waals surface area contributed by atoms with Crippen LogP contribution in [0.4, 0.5) is 0 Å². The number of aromatic carboxylic acids is 1. The molecule has 0 saturated heterocycles. The van der Waals surface area contributed by atoms with E-state index in [-0.39, 0.29) is 11.6 Å². The summed E-state index contributed by atoms with van der Waals surface area (Å²) >= 11 is 0. The first-order chi connectivity index (χ1) is 7.09. The van der Waals surface area contributed by atoms with Crippen molar-refractivity contribution in [1.82, 2.24) is 15.1 Å². The Morgan fingerprint density at radius 3 is 2.87 bits per heavy atom. The average Bonchev–Trinajstić information content (AvgIpc) is 2.59. The molecule has 1 aliphatic rings. The van der Waals surface area contributed by atoms with Gasteiger partial charge in [-0.05, 0) is 0 Å². The molecule has 15 heavy (non-hydrogen) atoms. The number of nitrogens with one attached hydrogen (secondary N) is 1. The molecule has 2 N–H and O–H groups in total. The molecule has 0 spiro atoms.